The van der Waals surface area contributed by atoms with Crippen LogP contribution in [0.2, 0.25) is 0 Å². The van der Waals surface area contributed by atoms with Gasteiger partial charge >= 0.3 is 0 Å². The number of ketones is 1. The van der Waals surface area contributed by atoms with Gasteiger partial charge in [0, 0.05) is 42.7 Å². The van der Waals surface area contributed by atoms with Crippen molar-refractivity contribution >= 4 is 15.8 Å². The molecule has 0 N–H and O–H groups in total. The van der Waals surface area contributed by atoms with Crippen molar-refractivity contribution in [2.45, 2.75) is 24.9 Å². The Morgan fingerprint density at radius 2 is 1.66 bits per heavy atom. The van der Waals surface area contributed by atoms with E-state index < -0.39 is 62.9 Å². The van der Waals surface area contributed by atoms with Crippen molar-refractivity contribution in [3.63, 3.8) is 0 Å². The molecule has 0 aliphatic heterocycles. The quantitative estimate of drug-likeness (QED) is 0.223. The lowest BCUT2D eigenvalue weighted by Gasteiger charge is -2.23. The molecule has 0 aliphatic rings. The number of aromatic nitrogens is 1. The van der Waals surface area contributed by atoms with Crippen molar-refractivity contribution in [2.24, 2.45) is 0 Å². The molecule has 3 rings (SSSR count). The molecule has 0 unspecified atom stereocenters. The molecule has 0 saturated heterocycles. The van der Waals surface area contributed by atoms with Crippen LogP contribution in [0.15, 0.2) is 53.7 Å². The Bertz CT molecular complexity index is 1280. The van der Waals surface area contributed by atoms with E-state index in [2.05, 4.69) is 4.98 Å². The van der Waals surface area contributed by atoms with E-state index in [1.54, 1.807) is 0 Å². The number of hydrogen-bond acceptors (Lipinski definition) is 4. The van der Waals surface area contributed by atoms with E-state index in [-0.39, 0.29) is 17.2 Å². The number of nitrogens with zero attached hydrogens (tertiary/aromatic N) is 2. The molecule has 2 aromatic carbocycles. The van der Waals surface area contributed by atoms with Crippen LogP contribution in [0.25, 0.3) is 0 Å². The zero-order valence-corrected chi connectivity index (χ0v) is 17.3. The van der Waals surface area contributed by atoms with Gasteiger partial charge in [-0.2, -0.15) is 4.31 Å². The standard InChI is InChI=1S/C21H15F5N2O3S/c1-12(29)14-4-5-15(16(22)7-14)11-28(10-13-3-2-6-27-9-13)32(30,31)18-8-17(23)19(24)21(26)20(18)25/h2-9H,10-11H2,1H3. The molecule has 11 heteroatoms. The van der Waals surface area contributed by atoms with Crippen molar-refractivity contribution in [3.8, 4) is 0 Å². The van der Waals surface area contributed by atoms with Gasteiger partial charge in [-0.15, -0.1) is 0 Å². The average molecular weight is 470 g/mol. The van der Waals surface area contributed by atoms with Gasteiger partial charge in [-0.3, -0.25) is 9.78 Å². The number of carbonyl (C=O) groups is 1. The van der Waals surface area contributed by atoms with Crippen molar-refractivity contribution < 1.29 is 35.2 Å². The third kappa shape index (κ3) is 4.68. The summed E-state index contributed by atoms with van der Waals surface area (Å²) >= 11 is 0. The molecule has 0 aliphatic carbocycles. The summed E-state index contributed by atoms with van der Waals surface area (Å²) in [4.78, 5) is 13.8. The summed E-state index contributed by atoms with van der Waals surface area (Å²) in [5.74, 6) is -9.79. The van der Waals surface area contributed by atoms with Crippen LogP contribution < -0.4 is 0 Å². The van der Waals surface area contributed by atoms with Crippen molar-refractivity contribution in [2.75, 3.05) is 0 Å². The number of pyridine rings is 1. The molecular formula is C21H15F5N2O3S. The fourth-order valence-electron chi connectivity index (χ4n) is 2.88. The Balaban J connectivity index is 2.10. The first kappa shape index (κ1) is 23.5. The van der Waals surface area contributed by atoms with Crippen molar-refractivity contribution in [3.05, 3.63) is 94.6 Å². The topological polar surface area (TPSA) is 67.3 Å². The summed E-state index contributed by atoms with van der Waals surface area (Å²) < 4.78 is 96.3. The monoisotopic (exact) mass is 470 g/mol. The molecule has 0 atom stereocenters. The second-order valence-corrected chi connectivity index (χ2v) is 8.70. The Labute approximate surface area is 180 Å². The number of halogens is 5. The van der Waals surface area contributed by atoms with Gasteiger partial charge in [-0.05, 0) is 24.6 Å². The maximum Gasteiger partial charge on any atom is 0.246 e. The lowest BCUT2D eigenvalue weighted by molar-refractivity contribution is 0.101. The van der Waals surface area contributed by atoms with Crippen LogP contribution in [0.1, 0.15) is 28.4 Å². The number of hydrogen-bond donors (Lipinski definition) is 0. The highest BCUT2D eigenvalue weighted by atomic mass is 32.2. The van der Waals surface area contributed by atoms with Gasteiger partial charge < -0.3 is 0 Å². The zero-order valence-electron chi connectivity index (χ0n) is 16.5. The molecule has 0 fully saturated rings. The van der Waals surface area contributed by atoms with Crippen LogP contribution in [0, 0.1) is 29.1 Å². The van der Waals surface area contributed by atoms with E-state index in [9.17, 15) is 35.2 Å². The molecule has 168 valence electrons. The SMILES string of the molecule is CC(=O)c1ccc(CN(Cc2cccnc2)S(=O)(=O)c2cc(F)c(F)c(F)c2F)c(F)c1. The van der Waals surface area contributed by atoms with Crippen molar-refractivity contribution in [1.29, 1.82) is 0 Å². The maximum atomic E-state index is 14.5. The van der Waals surface area contributed by atoms with Crippen LogP contribution in [0.4, 0.5) is 22.0 Å². The van der Waals surface area contributed by atoms with E-state index in [1.807, 2.05) is 0 Å². The van der Waals surface area contributed by atoms with Crippen LogP contribution in [-0.2, 0) is 23.1 Å². The maximum absolute atomic E-state index is 14.5. The summed E-state index contributed by atoms with van der Waals surface area (Å²) in [7, 11) is -4.98. The molecule has 5 nitrogen and oxygen atoms in total. The molecule has 0 saturated carbocycles. The smallest absolute Gasteiger partial charge is 0.246 e. The Morgan fingerprint density at radius 3 is 2.25 bits per heavy atom. The lowest BCUT2D eigenvalue weighted by Crippen LogP contribution is -2.32. The van der Waals surface area contributed by atoms with Crippen LogP contribution in [-0.4, -0.2) is 23.5 Å². The summed E-state index contributed by atoms with van der Waals surface area (Å²) in [6.07, 6.45) is 2.70. The van der Waals surface area contributed by atoms with Gasteiger partial charge in [-0.25, -0.2) is 30.4 Å². The van der Waals surface area contributed by atoms with E-state index in [4.69, 9.17) is 0 Å². The normalized spacial score (nSPS) is 11.7. The predicted octanol–water partition coefficient (Wildman–Crippen LogP) is 4.37. The molecule has 0 bridgehead atoms. The van der Waals surface area contributed by atoms with E-state index in [0.29, 0.717) is 9.87 Å². The van der Waals surface area contributed by atoms with Crippen LogP contribution in [0.3, 0.4) is 0 Å². The largest absolute Gasteiger partial charge is 0.295 e. The number of carbonyl (C=O) groups excluding carboxylic acids is 1. The molecule has 3 aromatic rings. The summed E-state index contributed by atoms with van der Waals surface area (Å²) in [6.45, 7) is 0.0689. The highest BCUT2D eigenvalue weighted by Crippen LogP contribution is 2.28. The first-order valence-corrected chi connectivity index (χ1v) is 10.5. The van der Waals surface area contributed by atoms with E-state index >= 15 is 0 Å². The number of rotatable bonds is 7. The average Bonchev–Trinajstić information content (AvgIpc) is 2.76. The molecule has 1 aromatic heterocycles. The summed E-state index contributed by atoms with van der Waals surface area (Å²) in [6, 6.07) is 6.33. The number of Topliss-reactive ketones (excluding diaryl/α,β-unsaturated/α-hetero) is 1. The van der Waals surface area contributed by atoms with Gasteiger partial charge in [0.2, 0.25) is 10.0 Å². The second kappa shape index (κ2) is 9.13. The van der Waals surface area contributed by atoms with Gasteiger partial charge in [-0.1, -0.05) is 18.2 Å². The van der Waals surface area contributed by atoms with Gasteiger partial charge in [0.15, 0.2) is 29.1 Å². The Morgan fingerprint density at radius 1 is 0.938 bits per heavy atom. The van der Waals surface area contributed by atoms with Crippen LogP contribution >= 0.6 is 0 Å². The molecular weight excluding hydrogens is 455 g/mol. The predicted molar refractivity (Wildman–Crippen MR) is 103 cm³/mol. The third-order valence-corrected chi connectivity index (χ3v) is 6.37. The Kier molecular flexibility index (Phi) is 6.70. The summed E-state index contributed by atoms with van der Waals surface area (Å²) in [5.41, 5.74) is 0.160. The first-order valence-electron chi connectivity index (χ1n) is 9.03. The highest BCUT2D eigenvalue weighted by Gasteiger charge is 2.33. The van der Waals surface area contributed by atoms with Crippen LogP contribution in [0.5, 0.6) is 0 Å². The minimum Gasteiger partial charge on any atom is -0.295 e. The highest BCUT2D eigenvalue weighted by molar-refractivity contribution is 7.89. The molecule has 32 heavy (non-hydrogen) atoms. The second-order valence-electron chi connectivity index (χ2n) is 6.80. The molecule has 0 spiro atoms. The molecule has 0 amide bonds. The third-order valence-electron chi connectivity index (χ3n) is 4.58. The molecule has 0 radical (unpaired) electrons. The zero-order chi connectivity index (χ0) is 23.6. The van der Waals surface area contributed by atoms with Gasteiger partial charge in [0.05, 0.1) is 0 Å². The molecule has 1 heterocycles. The summed E-state index contributed by atoms with van der Waals surface area (Å²) in [5, 5.41) is 0. The number of sulfonamides is 1. The van der Waals surface area contributed by atoms with E-state index in [1.165, 1.54) is 43.6 Å². The minimum atomic E-state index is -4.98. The fraction of sp³-hybridized carbons (Fsp3) is 0.143. The van der Waals surface area contributed by atoms with Gasteiger partial charge in [0.25, 0.3) is 0 Å². The minimum absolute atomic E-state index is 0.0224. The van der Waals surface area contributed by atoms with E-state index in [0.717, 1.165) is 6.07 Å². The fourth-order valence-corrected chi connectivity index (χ4v) is 4.36. The van der Waals surface area contributed by atoms with Gasteiger partial charge in [0.1, 0.15) is 10.7 Å². The van der Waals surface area contributed by atoms with Crippen molar-refractivity contribution in [1.82, 2.24) is 9.29 Å². The number of benzene rings is 2. The first-order chi connectivity index (χ1) is 15.0. The Hall–Kier alpha value is -3.18. The lowest BCUT2D eigenvalue weighted by atomic mass is 10.1.